The number of rotatable bonds is 4. The van der Waals surface area contributed by atoms with Gasteiger partial charge in [-0.1, -0.05) is 13.3 Å². The van der Waals surface area contributed by atoms with Crippen molar-refractivity contribution in [2.75, 3.05) is 25.4 Å². The van der Waals surface area contributed by atoms with Gasteiger partial charge in [-0.05, 0) is 43.8 Å². The third-order valence-electron chi connectivity index (χ3n) is 4.52. The zero-order valence-electron chi connectivity index (χ0n) is 12.5. The maximum Gasteiger partial charge on any atom is 0.317 e. The molecule has 0 spiro atoms. The summed E-state index contributed by atoms with van der Waals surface area (Å²) in [4.78, 5) is 14.2. The van der Waals surface area contributed by atoms with E-state index in [0.717, 1.165) is 44.0 Å². The summed E-state index contributed by atoms with van der Waals surface area (Å²) in [6, 6.07) is 0.462. The number of amides is 2. The molecular weight excluding hydrogens is 272 g/mol. The Kier molecular flexibility index (Phi) is 6.49. The second-order valence-electron chi connectivity index (χ2n) is 6.00. The highest BCUT2D eigenvalue weighted by Gasteiger charge is 2.27. The fraction of sp³-hybridized carbons (Fsp3) is 0.933. The molecular formula is C15H28N2O2S. The van der Waals surface area contributed by atoms with Gasteiger partial charge in [0.2, 0.25) is 0 Å². The number of hydrogen-bond donors (Lipinski definition) is 2. The zero-order chi connectivity index (χ0) is 14.4. The molecule has 4 nitrogen and oxygen atoms in total. The van der Waals surface area contributed by atoms with E-state index >= 15 is 0 Å². The SMILES string of the molecule is CCSC1CCCC(NC(=O)N2CCC(CO)CC2)C1. The monoisotopic (exact) mass is 300 g/mol. The molecule has 1 saturated carbocycles. The van der Waals surface area contributed by atoms with Gasteiger partial charge >= 0.3 is 6.03 Å². The number of likely N-dealkylation sites (tertiary alicyclic amines) is 1. The van der Waals surface area contributed by atoms with Crippen molar-refractivity contribution in [2.45, 2.75) is 56.7 Å². The number of carbonyl (C=O) groups excluding carboxylic acids is 1. The Hall–Kier alpha value is -0.420. The van der Waals surface area contributed by atoms with Gasteiger partial charge in [0.05, 0.1) is 0 Å². The lowest BCUT2D eigenvalue weighted by Crippen LogP contribution is -2.49. The van der Waals surface area contributed by atoms with Gasteiger partial charge < -0.3 is 15.3 Å². The Morgan fingerprint density at radius 1 is 1.30 bits per heavy atom. The number of aliphatic hydroxyl groups is 1. The third-order valence-corrected chi connectivity index (χ3v) is 5.75. The minimum atomic E-state index is 0.105. The number of nitrogens with one attached hydrogen (secondary N) is 1. The molecule has 0 aromatic rings. The van der Waals surface area contributed by atoms with Gasteiger partial charge in [0.1, 0.15) is 0 Å². The van der Waals surface area contributed by atoms with E-state index in [4.69, 9.17) is 5.11 Å². The standard InChI is InChI=1S/C15H28N2O2S/c1-2-20-14-5-3-4-13(10-14)16-15(19)17-8-6-12(11-18)7-9-17/h12-14,18H,2-11H2,1H3,(H,16,19). The van der Waals surface area contributed by atoms with Crippen LogP contribution in [-0.4, -0.2) is 52.8 Å². The van der Waals surface area contributed by atoms with Gasteiger partial charge in [-0.25, -0.2) is 4.79 Å². The molecule has 116 valence electrons. The Labute approximate surface area is 126 Å². The smallest absolute Gasteiger partial charge is 0.317 e. The van der Waals surface area contributed by atoms with Gasteiger partial charge in [-0.2, -0.15) is 11.8 Å². The lowest BCUT2D eigenvalue weighted by atomic mass is 9.95. The minimum absolute atomic E-state index is 0.105. The van der Waals surface area contributed by atoms with Crippen LogP contribution in [0.15, 0.2) is 0 Å². The highest BCUT2D eigenvalue weighted by atomic mass is 32.2. The van der Waals surface area contributed by atoms with Crippen LogP contribution in [0.3, 0.4) is 0 Å². The Balaban J connectivity index is 1.74. The van der Waals surface area contributed by atoms with Crippen LogP contribution in [0.5, 0.6) is 0 Å². The summed E-state index contributed by atoms with van der Waals surface area (Å²) in [5.41, 5.74) is 0. The first-order valence-corrected chi connectivity index (χ1v) is 9.05. The molecule has 5 heteroatoms. The summed E-state index contributed by atoms with van der Waals surface area (Å²) in [6.45, 7) is 4.04. The maximum absolute atomic E-state index is 12.3. The van der Waals surface area contributed by atoms with Crippen LogP contribution in [0.1, 0.15) is 45.4 Å². The van der Waals surface area contributed by atoms with Crippen molar-refractivity contribution in [1.29, 1.82) is 0 Å². The molecule has 2 rings (SSSR count). The second kappa shape index (κ2) is 8.13. The molecule has 20 heavy (non-hydrogen) atoms. The van der Waals surface area contributed by atoms with Crippen molar-refractivity contribution in [2.24, 2.45) is 5.92 Å². The highest BCUT2D eigenvalue weighted by molar-refractivity contribution is 7.99. The van der Waals surface area contributed by atoms with Crippen molar-refractivity contribution in [3.63, 3.8) is 0 Å². The average molecular weight is 300 g/mol. The van der Waals surface area contributed by atoms with Crippen LogP contribution in [0.2, 0.25) is 0 Å². The summed E-state index contributed by atoms with van der Waals surface area (Å²) in [5, 5.41) is 13.1. The van der Waals surface area contributed by atoms with E-state index in [1.54, 1.807) is 0 Å². The number of piperidine rings is 1. The average Bonchev–Trinajstić information content (AvgIpc) is 2.48. The fourth-order valence-electron chi connectivity index (χ4n) is 3.25. The first kappa shape index (κ1) is 16.0. The number of urea groups is 1. The first-order valence-electron chi connectivity index (χ1n) is 8.00. The second-order valence-corrected chi connectivity index (χ2v) is 7.58. The molecule has 2 aliphatic rings. The van der Waals surface area contributed by atoms with E-state index in [2.05, 4.69) is 12.2 Å². The lowest BCUT2D eigenvalue weighted by molar-refractivity contribution is 0.134. The molecule has 0 bridgehead atoms. The largest absolute Gasteiger partial charge is 0.396 e. The molecule has 1 aliphatic heterocycles. The molecule has 1 saturated heterocycles. The van der Waals surface area contributed by atoms with Crippen molar-refractivity contribution in [3.05, 3.63) is 0 Å². The summed E-state index contributed by atoms with van der Waals surface area (Å²) in [5.74, 6) is 1.55. The van der Waals surface area contributed by atoms with E-state index < -0.39 is 0 Å². The summed E-state index contributed by atoms with van der Waals surface area (Å²) in [6.07, 6.45) is 6.64. The quantitative estimate of drug-likeness (QED) is 0.838. The van der Waals surface area contributed by atoms with E-state index in [1.807, 2.05) is 16.7 Å². The molecule has 0 aromatic heterocycles. The van der Waals surface area contributed by atoms with Gasteiger partial charge in [0.15, 0.2) is 0 Å². The van der Waals surface area contributed by atoms with Crippen molar-refractivity contribution >= 4 is 17.8 Å². The van der Waals surface area contributed by atoms with E-state index in [-0.39, 0.29) is 12.6 Å². The number of nitrogens with zero attached hydrogens (tertiary/aromatic N) is 1. The van der Waals surface area contributed by atoms with Crippen LogP contribution in [0, 0.1) is 5.92 Å². The lowest BCUT2D eigenvalue weighted by Gasteiger charge is -2.34. The predicted molar refractivity (Wildman–Crippen MR) is 84.1 cm³/mol. The Morgan fingerprint density at radius 3 is 2.70 bits per heavy atom. The van der Waals surface area contributed by atoms with Gasteiger partial charge in [0.25, 0.3) is 0 Å². The van der Waals surface area contributed by atoms with E-state index in [1.165, 1.54) is 18.6 Å². The number of thioether (sulfide) groups is 1. The summed E-state index contributed by atoms with van der Waals surface area (Å²) >= 11 is 2.03. The molecule has 2 atom stereocenters. The molecule has 1 aliphatic carbocycles. The molecule has 2 amide bonds. The van der Waals surface area contributed by atoms with E-state index in [0.29, 0.717) is 12.0 Å². The van der Waals surface area contributed by atoms with Gasteiger partial charge in [0, 0.05) is 31.0 Å². The topological polar surface area (TPSA) is 52.6 Å². The molecule has 2 unspecified atom stereocenters. The number of carbonyl (C=O) groups is 1. The zero-order valence-corrected chi connectivity index (χ0v) is 13.3. The number of aliphatic hydroxyl groups excluding tert-OH is 1. The molecule has 0 aromatic carbocycles. The van der Waals surface area contributed by atoms with Crippen molar-refractivity contribution < 1.29 is 9.90 Å². The third kappa shape index (κ3) is 4.55. The van der Waals surface area contributed by atoms with Crippen LogP contribution in [0.25, 0.3) is 0 Å². The highest BCUT2D eigenvalue weighted by Crippen LogP contribution is 2.28. The molecule has 2 fully saturated rings. The van der Waals surface area contributed by atoms with Crippen LogP contribution >= 0.6 is 11.8 Å². The molecule has 0 radical (unpaired) electrons. The van der Waals surface area contributed by atoms with Crippen molar-refractivity contribution in [3.8, 4) is 0 Å². The van der Waals surface area contributed by atoms with Gasteiger partial charge in [-0.15, -0.1) is 0 Å². The van der Waals surface area contributed by atoms with Crippen LogP contribution < -0.4 is 5.32 Å². The normalized spacial score (nSPS) is 28.4. The van der Waals surface area contributed by atoms with Crippen LogP contribution in [0.4, 0.5) is 4.79 Å². The van der Waals surface area contributed by atoms with E-state index in [9.17, 15) is 4.79 Å². The molecule has 2 N–H and O–H groups in total. The number of hydrogen-bond acceptors (Lipinski definition) is 3. The summed E-state index contributed by atoms with van der Waals surface area (Å²) < 4.78 is 0. The fourth-order valence-corrected chi connectivity index (χ4v) is 4.42. The molecule has 1 heterocycles. The minimum Gasteiger partial charge on any atom is -0.396 e. The Bertz CT molecular complexity index is 304. The van der Waals surface area contributed by atoms with Crippen LogP contribution in [-0.2, 0) is 0 Å². The van der Waals surface area contributed by atoms with Crippen molar-refractivity contribution in [1.82, 2.24) is 10.2 Å². The van der Waals surface area contributed by atoms with Gasteiger partial charge in [-0.3, -0.25) is 0 Å². The Morgan fingerprint density at radius 2 is 2.05 bits per heavy atom. The first-order chi connectivity index (χ1) is 9.72. The maximum atomic E-state index is 12.3. The predicted octanol–water partition coefficient (Wildman–Crippen LogP) is 2.46. The summed E-state index contributed by atoms with van der Waals surface area (Å²) in [7, 11) is 0.